The molecule has 2 aliphatic heterocycles. The van der Waals surface area contributed by atoms with Gasteiger partial charge in [-0.2, -0.15) is 5.10 Å². The maximum Gasteiger partial charge on any atom is 0.116 e. The van der Waals surface area contributed by atoms with Crippen molar-refractivity contribution in [3.05, 3.63) is 29.1 Å². The topological polar surface area (TPSA) is 62.8 Å². The fraction of sp³-hybridized carbons (Fsp3) is 0.429. The second-order valence-electron chi connectivity index (χ2n) is 5.05. The summed E-state index contributed by atoms with van der Waals surface area (Å²) in [7, 11) is 0. The maximum atomic E-state index is 5.53. The predicted octanol–water partition coefficient (Wildman–Crippen LogP) is 1.90. The summed E-state index contributed by atoms with van der Waals surface area (Å²) in [6.45, 7) is 2.45. The zero-order chi connectivity index (χ0) is 12.7. The number of pyridine rings is 1. The van der Waals surface area contributed by atoms with E-state index >= 15 is 0 Å². The van der Waals surface area contributed by atoms with Crippen LogP contribution < -0.4 is 5.32 Å². The molecule has 4 rings (SSSR count). The van der Waals surface area contributed by atoms with Crippen LogP contribution in [0.2, 0.25) is 0 Å². The molecule has 5 heteroatoms. The number of aryl methyl sites for hydroxylation is 1. The molecule has 98 valence electrons. The SMILES string of the molecule is c1cc2c(nc1-c1n[nH]c3c1COCC3)CCCN2. The molecule has 0 fully saturated rings. The first-order valence-electron chi connectivity index (χ1n) is 6.80. The average molecular weight is 256 g/mol. The fourth-order valence-electron chi connectivity index (χ4n) is 2.79. The quantitative estimate of drug-likeness (QED) is 0.818. The number of fused-ring (bicyclic) bond motifs is 2. The lowest BCUT2D eigenvalue weighted by Crippen LogP contribution is -2.13. The molecule has 5 nitrogen and oxygen atoms in total. The summed E-state index contributed by atoms with van der Waals surface area (Å²) in [5, 5.41) is 10.9. The van der Waals surface area contributed by atoms with Gasteiger partial charge in [0.1, 0.15) is 5.69 Å². The van der Waals surface area contributed by atoms with Crippen molar-refractivity contribution in [2.45, 2.75) is 25.9 Å². The van der Waals surface area contributed by atoms with Crippen molar-refractivity contribution in [3.63, 3.8) is 0 Å². The van der Waals surface area contributed by atoms with Gasteiger partial charge in [-0.15, -0.1) is 0 Å². The van der Waals surface area contributed by atoms with Gasteiger partial charge in [0, 0.05) is 24.2 Å². The molecule has 0 bridgehead atoms. The molecule has 0 aliphatic carbocycles. The molecule has 0 amide bonds. The summed E-state index contributed by atoms with van der Waals surface area (Å²) in [4.78, 5) is 4.76. The normalized spacial score (nSPS) is 17.5. The van der Waals surface area contributed by atoms with Crippen molar-refractivity contribution in [1.82, 2.24) is 15.2 Å². The highest BCUT2D eigenvalue weighted by molar-refractivity contribution is 5.64. The molecular weight excluding hydrogens is 240 g/mol. The number of hydrogen-bond donors (Lipinski definition) is 2. The van der Waals surface area contributed by atoms with Crippen LogP contribution in [-0.2, 0) is 24.2 Å². The van der Waals surface area contributed by atoms with Gasteiger partial charge in [-0.25, -0.2) is 4.98 Å². The lowest BCUT2D eigenvalue weighted by molar-refractivity contribution is 0.110. The third-order valence-electron chi connectivity index (χ3n) is 3.82. The standard InChI is InChI=1S/C14H16N4O/c1-2-12-11(15-6-1)3-4-13(16-12)14-9-8-19-7-5-10(9)17-18-14/h3-4,15H,1-2,5-8H2,(H,17,18). The minimum Gasteiger partial charge on any atom is -0.384 e. The number of aromatic amines is 1. The monoisotopic (exact) mass is 256 g/mol. The van der Waals surface area contributed by atoms with Gasteiger partial charge in [-0.05, 0) is 25.0 Å². The number of rotatable bonds is 1. The van der Waals surface area contributed by atoms with E-state index in [4.69, 9.17) is 9.72 Å². The number of aromatic nitrogens is 3. The number of ether oxygens (including phenoxy) is 1. The Balaban J connectivity index is 1.78. The Bertz CT molecular complexity index is 620. The minimum absolute atomic E-state index is 0.637. The second-order valence-corrected chi connectivity index (χ2v) is 5.05. The Hall–Kier alpha value is -1.88. The van der Waals surface area contributed by atoms with Crippen molar-refractivity contribution >= 4 is 5.69 Å². The molecule has 0 saturated carbocycles. The molecule has 2 aromatic heterocycles. The summed E-state index contributed by atoms with van der Waals surface area (Å²) in [5.41, 5.74) is 6.57. The Morgan fingerprint density at radius 2 is 2.21 bits per heavy atom. The summed E-state index contributed by atoms with van der Waals surface area (Å²) in [6.07, 6.45) is 3.10. The summed E-state index contributed by atoms with van der Waals surface area (Å²) in [6, 6.07) is 4.16. The van der Waals surface area contributed by atoms with E-state index in [1.54, 1.807) is 0 Å². The molecule has 2 aromatic rings. The van der Waals surface area contributed by atoms with Gasteiger partial charge in [0.15, 0.2) is 0 Å². The first-order chi connectivity index (χ1) is 9.42. The Labute approximate surface area is 111 Å². The van der Waals surface area contributed by atoms with Gasteiger partial charge in [-0.1, -0.05) is 0 Å². The van der Waals surface area contributed by atoms with Crippen molar-refractivity contribution < 1.29 is 4.74 Å². The van der Waals surface area contributed by atoms with E-state index in [9.17, 15) is 0 Å². The zero-order valence-corrected chi connectivity index (χ0v) is 10.7. The van der Waals surface area contributed by atoms with Gasteiger partial charge in [0.2, 0.25) is 0 Å². The van der Waals surface area contributed by atoms with E-state index in [2.05, 4.69) is 21.6 Å². The van der Waals surface area contributed by atoms with Gasteiger partial charge >= 0.3 is 0 Å². The number of anilines is 1. The summed E-state index contributed by atoms with van der Waals surface area (Å²) >= 11 is 0. The second kappa shape index (κ2) is 4.35. The van der Waals surface area contributed by atoms with Crippen molar-refractivity contribution in [2.24, 2.45) is 0 Å². The van der Waals surface area contributed by atoms with Crippen LogP contribution in [0.1, 0.15) is 23.4 Å². The van der Waals surface area contributed by atoms with E-state index in [-0.39, 0.29) is 0 Å². The van der Waals surface area contributed by atoms with E-state index in [1.165, 1.54) is 11.3 Å². The van der Waals surface area contributed by atoms with E-state index in [1.807, 2.05) is 6.07 Å². The fourth-order valence-corrected chi connectivity index (χ4v) is 2.79. The third kappa shape index (κ3) is 1.81. The van der Waals surface area contributed by atoms with Crippen LogP contribution in [0.4, 0.5) is 5.69 Å². The van der Waals surface area contributed by atoms with Crippen LogP contribution in [0.25, 0.3) is 11.4 Å². The molecule has 0 atom stereocenters. The number of hydrogen-bond acceptors (Lipinski definition) is 4. The lowest BCUT2D eigenvalue weighted by atomic mass is 10.1. The smallest absolute Gasteiger partial charge is 0.116 e. The van der Waals surface area contributed by atoms with Gasteiger partial charge in [0.25, 0.3) is 0 Å². The minimum atomic E-state index is 0.637. The van der Waals surface area contributed by atoms with E-state index < -0.39 is 0 Å². The van der Waals surface area contributed by atoms with Crippen LogP contribution >= 0.6 is 0 Å². The average Bonchev–Trinajstić information content (AvgIpc) is 2.91. The van der Waals surface area contributed by atoms with E-state index in [0.717, 1.165) is 55.2 Å². The summed E-state index contributed by atoms with van der Waals surface area (Å²) < 4.78 is 5.53. The summed E-state index contributed by atoms with van der Waals surface area (Å²) in [5.74, 6) is 0. The van der Waals surface area contributed by atoms with Crippen molar-refractivity contribution in [1.29, 1.82) is 0 Å². The first kappa shape index (κ1) is 11.0. The van der Waals surface area contributed by atoms with Crippen LogP contribution in [0.5, 0.6) is 0 Å². The molecule has 0 radical (unpaired) electrons. The highest BCUT2D eigenvalue weighted by Crippen LogP contribution is 2.29. The Morgan fingerprint density at radius 3 is 3.21 bits per heavy atom. The molecule has 0 saturated heterocycles. The van der Waals surface area contributed by atoms with Crippen LogP contribution in [0.3, 0.4) is 0 Å². The lowest BCUT2D eigenvalue weighted by Gasteiger charge is -2.17. The van der Waals surface area contributed by atoms with Gasteiger partial charge in [0.05, 0.1) is 30.3 Å². The number of H-pyrrole nitrogens is 1. The molecule has 0 spiro atoms. The first-order valence-corrected chi connectivity index (χ1v) is 6.80. The molecule has 4 heterocycles. The van der Waals surface area contributed by atoms with Crippen LogP contribution in [0, 0.1) is 0 Å². The Kier molecular flexibility index (Phi) is 2.51. The predicted molar refractivity (Wildman–Crippen MR) is 72.0 cm³/mol. The molecule has 19 heavy (non-hydrogen) atoms. The molecule has 2 N–H and O–H groups in total. The van der Waals surface area contributed by atoms with Crippen molar-refractivity contribution in [3.8, 4) is 11.4 Å². The van der Waals surface area contributed by atoms with Crippen LogP contribution in [0.15, 0.2) is 12.1 Å². The van der Waals surface area contributed by atoms with Gasteiger partial charge in [-0.3, -0.25) is 5.10 Å². The largest absolute Gasteiger partial charge is 0.384 e. The van der Waals surface area contributed by atoms with Crippen LogP contribution in [-0.4, -0.2) is 28.3 Å². The van der Waals surface area contributed by atoms with Crippen molar-refractivity contribution in [2.75, 3.05) is 18.5 Å². The highest BCUT2D eigenvalue weighted by atomic mass is 16.5. The van der Waals surface area contributed by atoms with E-state index in [0.29, 0.717) is 6.61 Å². The maximum absolute atomic E-state index is 5.53. The number of nitrogens with one attached hydrogen (secondary N) is 2. The molecular formula is C14H16N4O. The molecule has 2 aliphatic rings. The number of nitrogens with zero attached hydrogens (tertiary/aromatic N) is 2. The zero-order valence-electron chi connectivity index (χ0n) is 10.7. The third-order valence-corrected chi connectivity index (χ3v) is 3.82. The molecule has 0 unspecified atom stereocenters. The van der Waals surface area contributed by atoms with Gasteiger partial charge < -0.3 is 10.1 Å². The molecule has 0 aromatic carbocycles. The Morgan fingerprint density at radius 1 is 1.21 bits per heavy atom. The highest BCUT2D eigenvalue weighted by Gasteiger charge is 2.20.